The third-order valence-corrected chi connectivity index (χ3v) is 17.4. The number of anilines is 1. The predicted molar refractivity (Wildman–Crippen MR) is 297 cm³/mol. The average Bonchev–Trinajstić information content (AvgIpc) is 4.34. The Morgan fingerprint density at radius 3 is 2.33 bits per heavy atom. The van der Waals surface area contributed by atoms with E-state index in [1.165, 1.54) is 4.90 Å². The number of likely N-dealkylation sites (tertiary alicyclic amines) is 3. The molecule has 5 aliphatic heterocycles. The topological polar surface area (TPSA) is 219 Å². The number of aliphatic hydroxyl groups is 1. The van der Waals surface area contributed by atoms with E-state index in [9.17, 15) is 19.5 Å². The van der Waals surface area contributed by atoms with Gasteiger partial charge in [0.1, 0.15) is 35.7 Å². The van der Waals surface area contributed by atoms with Crippen LogP contribution in [0.3, 0.4) is 0 Å². The molecular weight excluding hydrogens is 1010 g/mol. The Kier molecular flexibility index (Phi) is 16.3. The molecule has 3 aromatic heterocycles. The van der Waals surface area contributed by atoms with Crippen LogP contribution in [0.1, 0.15) is 70.6 Å². The summed E-state index contributed by atoms with van der Waals surface area (Å²) in [6.07, 6.45) is 5.28. The van der Waals surface area contributed by atoms with Gasteiger partial charge in [-0.05, 0) is 86.5 Å². The Bertz CT molecular complexity index is 3130. The van der Waals surface area contributed by atoms with Crippen LogP contribution in [0, 0.1) is 24.1 Å². The number of hydrogen-bond acceptors (Lipinski definition) is 15. The van der Waals surface area contributed by atoms with Crippen LogP contribution in [0.25, 0.3) is 43.4 Å². The number of aromatic nitrogens is 4. The van der Waals surface area contributed by atoms with Crippen LogP contribution in [0.2, 0.25) is 0 Å². The van der Waals surface area contributed by atoms with Crippen LogP contribution in [-0.4, -0.2) is 164 Å². The van der Waals surface area contributed by atoms with Gasteiger partial charge in [-0.2, -0.15) is 9.97 Å². The van der Waals surface area contributed by atoms with Crippen molar-refractivity contribution in [2.45, 2.75) is 115 Å². The predicted octanol–water partition coefficient (Wildman–Crippen LogP) is 6.03. The van der Waals surface area contributed by atoms with Crippen molar-refractivity contribution in [2.24, 2.45) is 11.3 Å². The summed E-state index contributed by atoms with van der Waals surface area (Å²) < 4.78 is 23.5. The third kappa shape index (κ3) is 11.7. The van der Waals surface area contributed by atoms with Crippen LogP contribution >= 0.6 is 11.3 Å². The number of amides is 3. The van der Waals surface area contributed by atoms with Crippen molar-refractivity contribution < 1.29 is 38.5 Å². The maximum absolute atomic E-state index is 17.0. The number of nitrogens with one attached hydrogen (secondary N) is 3. The monoisotopic (exact) mass is 1080 g/mol. The number of halogens is 1. The third-order valence-electron chi connectivity index (χ3n) is 16.4. The van der Waals surface area contributed by atoms with Crippen LogP contribution in [0.15, 0.2) is 78.4 Å². The van der Waals surface area contributed by atoms with E-state index in [0.29, 0.717) is 48.3 Å². The van der Waals surface area contributed by atoms with Gasteiger partial charge in [-0.15, -0.1) is 11.3 Å². The molecule has 6 aromatic rings. The fourth-order valence-corrected chi connectivity index (χ4v) is 13.0. The molecule has 8 heterocycles. The van der Waals surface area contributed by atoms with Gasteiger partial charge in [-0.1, -0.05) is 87.5 Å². The molecule has 3 amide bonds. The summed E-state index contributed by atoms with van der Waals surface area (Å²) in [5.74, 6) is -1.02. The molecule has 0 spiro atoms. The number of aliphatic hydroxyl groups excluding tert-OH is 1. The van der Waals surface area contributed by atoms with Crippen molar-refractivity contribution in [3.8, 4) is 27.7 Å². The average molecular weight is 1080 g/mol. The summed E-state index contributed by atoms with van der Waals surface area (Å²) in [5.41, 5.74) is 5.24. The molecule has 5 aliphatic rings. The van der Waals surface area contributed by atoms with Gasteiger partial charge in [-0.25, -0.2) is 9.37 Å². The van der Waals surface area contributed by atoms with E-state index in [4.69, 9.17) is 29.6 Å². The number of ether oxygens (including phenoxy) is 1. The number of piperidine rings is 1. The summed E-state index contributed by atoms with van der Waals surface area (Å²) in [6.45, 7) is 11.9. The molecule has 5 saturated heterocycles. The van der Waals surface area contributed by atoms with Gasteiger partial charge in [0.25, 0.3) is 6.47 Å². The summed E-state index contributed by atoms with van der Waals surface area (Å²) in [5, 5.41) is 29.9. The number of pyridine rings is 1. The number of nitrogens with zero attached hydrogens (tertiary/aromatic N) is 8. The van der Waals surface area contributed by atoms with E-state index in [1.54, 1.807) is 17.5 Å². The van der Waals surface area contributed by atoms with E-state index in [-0.39, 0.29) is 78.9 Å². The number of thiazole rings is 1. The number of carboxylic acid groups (broad SMARTS) is 1. The molecule has 18 nitrogen and oxygen atoms in total. The molecular formula is C58H70FN11O7S. The standard InChI is InChI=1S/C57H68FN11O5S.CH2O2/c1-33-50(75-32-61-33)36-15-13-34(14-16-36)25-60-54(72)46-24-42(70)30-69(46)55(73)51(57(2,3)4)64-53(71)37-19-21-67(22-20-37)40-23-41(66(5)29-40)31-74-56-63-49-45(52(65-56)68-27-38-17-18-39(28-68)62-38)26-59-48(47(49)58)44-12-8-10-35-9-6-7-11-43(35)44;2-1-3/h6-16,26,32,37-42,46,51,62,70H,17-25,27-31H2,1-5H3,(H,60,72)(H,64,71);1H,(H,2,3)/t38?,39?,40-,41-,42+,46-,51+;/m0./s1. The lowest BCUT2D eigenvalue weighted by Gasteiger charge is -2.38. The Hall–Kier alpha value is -6.71. The number of aryl methyl sites for hydroxylation is 1. The van der Waals surface area contributed by atoms with Gasteiger partial charge in [0.15, 0.2) is 5.82 Å². The van der Waals surface area contributed by atoms with E-state index in [0.717, 1.165) is 84.5 Å². The number of carbonyl (C=O) groups is 4. The molecule has 412 valence electrons. The van der Waals surface area contributed by atoms with Crippen molar-refractivity contribution in [3.63, 3.8) is 0 Å². The minimum Gasteiger partial charge on any atom is -0.483 e. The summed E-state index contributed by atoms with van der Waals surface area (Å²) >= 11 is 1.58. The number of β-amino-alcohol motifs (C(OH)–C–C–N with tert-alkyl or cyclic N) is 1. The van der Waals surface area contributed by atoms with Gasteiger partial charge in [-0.3, -0.25) is 34.0 Å². The number of likely N-dealkylation sites (N-methyl/N-ethyl adjacent to an activating group) is 1. The number of carbonyl (C=O) groups excluding carboxylic acids is 3. The molecule has 3 aromatic carbocycles. The van der Waals surface area contributed by atoms with Crippen LogP contribution < -0.4 is 25.6 Å². The van der Waals surface area contributed by atoms with E-state index in [1.807, 2.05) is 99.9 Å². The summed E-state index contributed by atoms with van der Waals surface area (Å²) in [6, 6.07) is 21.1. The Morgan fingerprint density at radius 1 is 0.910 bits per heavy atom. The minimum atomic E-state index is -0.898. The molecule has 2 unspecified atom stereocenters. The number of piperazine rings is 1. The first-order valence-electron chi connectivity index (χ1n) is 27.1. The van der Waals surface area contributed by atoms with Crippen molar-refractivity contribution in [1.29, 1.82) is 0 Å². The maximum atomic E-state index is 17.0. The van der Waals surface area contributed by atoms with Gasteiger partial charge in [0.2, 0.25) is 17.7 Å². The van der Waals surface area contributed by atoms with Gasteiger partial charge >= 0.3 is 6.01 Å². The SMILES string of the molecule is Cc1ncsc1-c1ccc(CNC(=O)[C@@H]2C[C@@H](O)CN2C(=O)[C@@H](NC(=O)C2CCN([C@H]3C[C@@H](COc4nc(N5CC6CCC(C5)N6)c5cnc(-c6cccc7ccccc67)c(F)c5n4)N(C)C3)CC2)C(C)(C)C)cc1.O=CO. The van der Waals surface area contributed by atoms with Crippen molar-refractivity contribution in [1.82, 2.24) is 50.6 Å². The zero-order valence-corrected chi connectivity index (χ0v) is 45.7. The van der Waals surface area contributed by atoms with E-state index >= 15 is 4.39 Å². The van der Waals surface area contributed by atoms with Crippen LogP contribution in [0.5, 0.6) is 6.01 Å². The highest BCUT2D eigenvalue weighted by Gasteiger charge is 2.46. The molecule has 78 heavy (non-hydrogen) atoms. The highest BCUT2D eigenvalue weighted by atomic mass is 32.1. The summed E-state index contributed by atoms with van der Waals surface area (Å²) in [7, 11) is 2.10. The van der Waals surface area contributed by atoms with Crippen molar-refractivity contribution >= 4 is 63.0 Å². The van der Waals surface area contributed by atoms with Crippen molar-refractivity contribution in [2.75, 3.05) is 57.8 Å². The molecule has 5 N–H and O–H groups in total. The van der Waals surface area contributed by atoms with Gasteiger partial charge < -0.3 is 40.7 Å². The molecule has 20 heteroatoms. The second kappa shape index (κ2) is 23.3. The quantitative estimate of drug-likeness (QED) is 0.0835. The molecule has 5 fully saturated rings. The molecule has 0 saturated carbocycles. The Morgan fingerprint density at radius 2 is 1.63 bits per heavy atom. The molecule has 0 aliphatic carbocycles. The smallest absolute Gasteiger partial charge is 0.319 e. The zero-order chi connectivity index (χ0) is 54.8. The fourth-order valence-electron chi connectivity index (χ4n) is 12.2. The molecule has 0 radical (unpaired) electrons. The second-order valence-electron chi connectivity index (χ2n) is 22.7. The molecule has 11 rings (SSSR count). The zero-order valence-electron chi connectivity index (χ0n) is 44.9. The van der Waals surface area contributed by atoms with E-state index in [2.05, 4.69) is 42.7 Å². The Balaban J connectivity index is 0.00000224. The highest BCUT2D eigenvalue weighted by molar-refractivity contribution is 7.13. The molecule has 7 atom stereocenters. The largest absolute Gasteiger partial charge is 0.483 e. The maximum Gasteiger partial charge on any atom is 0.319 e. The van der Waals surface area contributed by atoms with Gasteiger partial charge in [0.05, 0.1) is 27.6 Å². The normalized spacial score (nSPS) is 23.3. The summed E-state index contributed by atoms with van der Waals surface area (Å²) in [4.78, 5) is 78.9. The van der Waals surface area contributed by atoms with Crippen molar-refractivity contribution in [3.05, 3.63) is 95.5 Å². The fraction of sp³-hybridized carbons (Fsp3) is 0.483. The number of hydrogen-bond donors (Lipinski definition) is 5. The minimum absolute atomic E-state index is 0.0137. The first kappa shape index (κ1) is 54.6. The lowest BCUT2D eigenvalue weighted by Crippen LogP contribution is -2.59. The highest BCUT2D eigenvalue weighted by Crippen LogP contribution is 2.37. The lowest BCUT2D eigenvalue weighted by atomic mass is 9.84. The second-order valence-corrected chi connectivity index (χ2v) is 23.5. The number of benzene rings is 3. The number of rotatable bonds is 13. The first-order valence-corrected chi connectivity index (χ1v) is 28.0. The molecule has 2 bridgehead atoms. The Labute approximate surface area is 457 Å². The van der Waals surface area contributed by atoms with Crippen LogP contribution in [0.4, 0.5) is 10.2 Å². The van der Waals surface area contributed by atoms with Crippen LogP contribution in [-0.2, 0) is 25.7 Å². The van der Waals surface area contributed by atoms with E-state index < -0.39 is 29.4 Å². The van der Waals surface area contributed by atoms with Gasteiger partial charge in [0, 0.05) is 81.0 Å². The number of fused-ring (bicyclic) bond motifs is 4. The first-order chi connectivity index (χ1) is 37.6. The lowest BCUT2D eigenvalue weighted by molar-refractivity contribution is -0.144.